The highest BCUT2D eigenvalue weighted by atomic mass is 19.1. The van der Waals surface area contributed by atoms with Gasteiger partial charge in [-0.2, -0.15) is 4.98 Å². The highest BCUT2D eigenvalue weighted by Gasteiger charge is 2.39. The van der Waals surface area contributed by atoms with Crippen LogP contribution in [0.5, 0.6) is 0 Å². The van der Waals surface area contributed by atoms with E-state index in [1.807, 2.05) is 0 Å². The number of nitrogens with two attached hydrogens (primary N) is 1. The van der Waals surface area contributed by atoms with Gasteiger partial charge >= 0.3 is 0 Å². The van der Waals surface area contributed by atoms with Gasteiger partial charge in [0.25, 0.3) is 0 Å². The van der Waals surface area contributed by atoms with Crippen LogP contribution in [0.2, 0.25) is 0 Å². The fourth-order valence-corrected chi connectivity index (χ4v) is 2.10. The fraction of sp³-hybridized carbons (Fsp3) is 0.385. The molecule has 1 heterocycles. The molecule has 0 atom stereocenters. The van der Waals surface area contributed by atoms with Gasteiger partial charge in [0.2, 0.25) is 11.7 Å². The molecular weight excluding hydrogens is 233 g/mol. The fourth-order valence-electron chi connectivity index (χ4n) is 2.10. The first kappa shape index (κ1) is 11.3. The lowest BCUT2D eigenvalue weighted by atomic mass is 9.78. The van der Waals surface area contributed by atoms with Crippen LogP contribution >= 0.6 is 0 Å². The van der Waals surface area contributed by atoms with Gasteiger partial charge in [0.1, 0.15) is 5.82 Å². The van der Waals surface area contributed by atoms with Gasteiger partial charge in [-0.25, -0.2) is 4.39 Å². The zero-order chi connectivity index (χ0) is 12.8. The number of rotatable bonds is 2. The minimum absolute atomic E-state index is 0.239. The Bertz CT molecular complexity index is 590. The molecule has 0 saturated heterocycles. The molecule has 0 aliphatic heterocycles. The van der Waals surface area contributed by atoms with E-state index in [0.29, 0.717) is 17.3 Å². The lowest BCUT2D eigenvalue weighted by Crippen LogP contribution is -2.43. The Kier molecular flexibility index (Phi) is 2.45. The maximum atomic E-state index is 13.2. The molecule has 2 N–H and O–H groups in total. The van der Waals surface area contributed by atoms with Gasteiger partial charge in [-0.05, 0) is 49.9 Å². The number of aryl methyl sites for hydroxylation is 1. The topological polar surface area (TPSA) is 64.9 Å². The first-order chi connectivity index (χ1) is 8.58. The smallest absolute Gasteiger partial charge is 0.247 e. The Labute approximate surface area is 104 Å². The molecular formula is C13H14FN3O. The molecule has 0 radical (unpaired) electrons. The van der Waals surface area contributed by atoms with Gasteiger partial charge in [-0.1, -0.05) is 5.16 Å². The number of benzene rings is 1. The predicted molar refractivity (Wildman–Crippen MR) is 64.1 cm³/mol. The van der Waals surface area contributed by atoms with Crippen LogP contribution in [0.1, 0.15) is 30.7 Å². The number of hydrogen-bond donors (Lipinski definition) is 1. The van der Waals surface area contributed by atoms with Crippen molar-refractivity contribution in [2.75, 3.05) is 0 Å². The molecule has 94 valence electrons. The van der Waals surface area contributed by atoms with Gasteiger partial charge in [0.15, 0.2) is 0 Å². The third kappa shape index (κ3) is 1.71. The Balaban J connectivity index is 1.95. The van der Waals surface area contributed by atoms with Crippen LogP contribution in [0, 0.1) is 12.7 Å². The summed E-state index contributed by atoms with van der Waals surface area (Å²) >= 11 is 0. The van der Waals surface area contributed by atoms with Crippen LogP contribution in [0.15, 0.2) is 22.7 Å². The third-order valence-corrected chi connectivity index (χ3v) is 3.51. The van der Waals surface area contributed by atoms with E-state index < -0.39 is 5.54 Å². The monoisotopic (exact) mass is 247 g/mol. The lowest BCUT2D eigenvalue weighted by molar-refractivity contribution is 0.181. The summed E-state index contributed by atoms with van der Waals surface area (Å²) in [6.45, 7) is 1.70. The maximum Gasteiger partial charge on any atom is 0.247 e. The summed E-state index contributed by atoms with van der Waals surface area (Å²) in [4.78, 5) is 4.32. The van der Waals surface area contributed by atoms with E-state index in [4.69, 9.17) is 10.3 Å². The largest absolute Gasteiger partial charge is 0.337 e. The SMILES string of the molecule is Cc1cc(-c2noc(C3(N)CCC3)n2)ccc1F. The van der Waals surface area contributed by atoms with Crippen molar-refractivity contribution in [3.8, 4) is 11.4 Å². The molecule has 1 fully saturated rings. The predicted octanol–water partition coefficient (Wildman–Crippen LogP) is 2.52. The number of hydrogen-bond acceptors (Lipinski definition) is 4. The van der Waals surface area contributed by atoms with E-state index in [2.05, 4.69) is 10.1 Å². The average Bonchev–Trinajstić information content (AvgIpc) is 2.79. The van der Waals surface area contributed by atoms with Crippen LogP contribution in [-0.2, 0) is 5.54 Å². The standard InChI is InChI=1S/C13H14FN3O/c1-8-7-9(3-4-10(8)14)11-16-12(18-17-11)13(15)5-2-6-13/h3-4,7H,2,5-6,15H2,1H3. The second-order valence-corrected chi connectivity index (χ2v) is 4.90. The van der Waals surface area contributed by atoms with Gasteiger partial charge in [0.05, 0.1) is 5.54 Å². The quantitative estimate of drug-likeness (QED) is 0.885. The molecule has 0 unspecified atom stereocenters. The summed E-state index contributed by atoms with van der Waals surface area (Å²) in [7, 11) is 0. The number of aromatic nitrogens is 2. The Hall–Kier alpha value is -1.75. The van der Waals surface area contributed by atoms with E-state index in [9.17, 15) is 4.39 Å². The lowest BCUT2D eigenvalue weighted by Gasteiger charge is -2.33. The summed E-state index contributed by atoms with van der Waals surface area (Å²) < 4.78 is 18.4. The third-order valence-electron chi connectivity index (χ3n) is 3.51. The molecule has 4 nitrogen and oxygen atoms in total. The number of nitrogens with zero attached hydrogens (tertiary/aromatic N) is 2. The Morgan fingerprint density at radius 1 is 1.39 bits per heavy atom. The normalized spacial score (nSPS) is 17.5. The van der Waals surface area contributed by atoms with Crippen LogP contribution < -0.4 is 5.73 Å². The molecule has 0 spiro atoms. The van der Waals surface area contributed by atoms with Gasteiger partial charge in [-0.3, -0.25) is 0 Å². The van der Waals surface area contributed by atoms with Crippen LogP contribution in [0.3, 0.4) is 0 Å². The highest BCUT2D eigenvalue weighted by Crippen LogP contribution is 2.38. The second-order valence-electron chi connectivity index (χ2n) is 4.90. The molecule has 0 bridgehead atoms. The van der Waals surface area contributed by atoms with Crippen LogP contribution in [0.25, 0.3) is 11.4 Å². The minimum atomic E-state index is -0.458. The van der Waals surface area contributed by atoms with Crippen molar-refractivity contribution in [1.29, 1.82) is 0 Å². The van der Waals surface area contributed by atoms with Gasteiger partial charge in [0, 0.05) is 5.56 Å². The summed E-state index contributed by atoms with van der Waals surface area (Å²) in [5.41, 5.74) is 6.96. The molecule has 18 heavy (non-hydrogen) atoms. The van der Waals surface area contributed by atoms with Crippen molar-refractivity contribution in [2.24, 2.45) is 5.73 Å². The zero-order valence-electron chi connectivity index (χ0n) is 10.1. The van der Waals surface area contributed by atoms with E-state index in [1.54, 1.807) is 19.1 Å². The molecule has 2 aromatic rings. The first-order valence-corrected chi connectivity index (χ1v) is 5.98. The van der Waals surface area contributed by atoms with Crippen molar-refractivity contribution < 1.29 is 8.91 Å². The molecule has 1 aromatic heterocycles. The average molecular weight is 247 g/mol. The second kappa shape index (κ2) is 3.88. The molecule has 3 rings (SSSR count). The minimum Gasteiger partial charge on any atom is -0.337 e. The Morgan fingerprint density at radius 2 is 2.17 bits per heavy atom. The van der Waals surface area contributed by atoms with E-state index in [0.717, 1.165) is 24.8 Å². The summed E-state index contributed by atoms with van der Waals surface area (Å²) in [5, 5.41) is 3.92. The van der Waals surface area contributed by atoms with Gasteiger partial charge < -0.3 is 10.3 Å². The molecule has 1 saturated carbocycles. The van der Waals surface area contributed by atoms with E-state index in [-0.39, 0.29) is 5.82 Å². The van der Waals surface area contributed by atoms with Crippen molar-refractivity contribution >= 4 is 0 Å². The Morgan fingerprint density at radius 3 is 2.78 bits per heavy atom. The van der Waals surface area contributed by atoms with E-state index >= 15 is 0 Å². The highest BCUT2D eigenvalue weighted by molar-refractivity contribution is 5.55. The number of halogens is 1. The van der Waals surface area contributed by atoms with Crippen LogP contribution in [-0.4, -0.2) is 10.1 Å². The van der Waals surface area contributed by atoms with Crippen molar-refractivity contribution in [1.82, 2.24) is 10.1 Å². The van der Waals surface area contributed by atoms with Crippen molar-refractivity contribution in [2.45, 2.75) is 31.7 Å². The molecule has 0 amide bonds. The first-order valence-electron chi connectivity index (χ1n) is 5.98. The van der Waals surface area contributed by atoms with Gasteiger partial charge in [-0.15, -0.1) is 0 Å². The summed E-state index contributed by atoms with van der Waals surface area (Å²) in [6, 6.07) is 4.75. The van der Waals surface area contributed by atoms with Crippen molar-refractivity contribution in [3.63, 3.8) is 0 Å². The molecule has 1 aromatic carbocycles. The summed E-state index contributed by atoms with van der Waals surface area (Å²) in [5.74, 6) is 0.701. The zero-order valence-corrected chi connectivity index (χ0v) is 10.1. The molecule has 1 aliphatic rings. The summed E-state index contributed by atoms with van der Waals surface area (Å²) in [6.07, 6.45) is 2.83. The molecule has 1 aliphatic carbocycles. The van der Waals surface area contributed by atoms with Crippen molar-refractivity contribution in [3.05, 3.63) is 35.5 Å². The van der Waals surface area contributed by atoms with E-state index in [1.165, 1.54) is 6.07 Å². The van der Waals surface area contributed by atoms with Crippen LogP contribution in [0.4, 0.5) is 4.39 Å². The maximum absolute atomic E-state index is 13.2. The molecule has 5 heteroatoms.